The van der Waals surface area contributed by atoms with Crippen molar-refractivity contribution in [3.8, 4) is 0 Å². The minimum Gasteiger partial charge on any atom is -0.464 e. The molecule has 0 atom stereocenters. The van der Waals surface area contributed by atoms with Gasteiger partial charge in [-0.05, 0) is 50.4 Å². The first-order chi connectivity index (χ1) is 9.11. The van der Waals surface area contributed by atoms with Crippen LogP contribution in [0.1, 0.15) is 42.0 Å². The lowest BCUT2D eigenvalue weighted by atomic mass is 9.98. The van der Waals surface area contributed by atoms with Crippen molar-refractivity contribution >= 4 is 11.8 Å². The minimum absolute atomic E-state index is 0.255. The number of hydrogen-bond donors (Lipinski definition) is 1. The maximum Gasteiger partial charge on any atom is 0.360 e. The van der Waals surface area contributed by atoms with Gasteiger partial charge in [0.25, 0.3) is 0 Å². The molecule has 2 aliphatic carbocycles. The zero-order chi connectivity index (χ0) is 13.6. The van der Waals surface area contributed by atoms with Gasteiger partial charge in [-0.1, -0.05) is 0 Å². The zero-order valence-electron chi connectivity index (χ0n) is 11.6. The van der Waals surface area contributed by atoms with Crippen LogP contribution in [0.4, 0.5) is 5.82 Å². The van der Waals surface area contributed by atoms with Crippen molar-refractivity contribution in [2.24, 2.45) is 17.8 Å². The monoisotopic (exact) mass is 263 g/mol. The fraction of sp³-hybridized carbons (Fsp3) is 0.714. The highest BCUT2D eigenvalue weighted by molar-refractivity contribution is 5.92. The predicted octanol–water partition coefficient (Wildman–Crippen LogP) is 2.00. The van der Waals surface area contributed by atoms with Crippen LogP contribution in [0.2, 0.25) is 0 Å². The lowest BCUT2D eigenvalue weighted by Gasteiger charge is -2.18. The molecule has 5 nitrogen and oxygen atoms in total. The summed E-state index contributed by atoms with van der Waals surface area (Å²) in [5.41, 5.74) is 6.32. The van der Waals surface area contributed by atoms with Gasteiger partial charge in [0.2, 0.25) is 0 Å². The number of methoxy groups -OCH3 is 1. The highest BCUT2D eigenvalue weighted by Crippen LogP contribution is 2.50. The molecule has 0 spiro atoms. The van der Waals surface area contributed by atoms with Gasteiger partial charge in [0.1, 0.15) is 11.6 Å². The fourth-order valence-electron chi connectivity index (χ4n) is 3.00. The van der Waals surface area contributed by atoms with Crippen LogP contribution < -0.4 is 5.73 Å². The Morgan fingerprint density at radius 3 is 2.47 bits per heavy atom. The molecule has 1 aromatic rings. The van der Waals surface area contributed by atoms with Crippen LogP contribution in [-0.2, 0) is 11.3 Å². The third-order valence-electron chi connectivity index (χ3n) is 4.42. The van der Waals surface area contributed by atoms with Crippen LogP contribution in [-0.4, -0.2) is 22.6 Å². The van der Waals surface area contributed by atoms with E-state index >= 15 is 0 Å². The smallest absolute Gasteiger partial charge is 0.360 e. The first-order valence-corrected chi connectivity index (χ1v) is 7.02. The Labute approximate surface area is 113 Å². The Morgan fingerprint density at radius 2 is 2.00 bits per heavy atom. The summed E-state index contributed by atoms with van der Waals surface area (Å²) in [6.07, 6.45) is 5.38. The number of anilines is 1. The van der Waals surface area contributed by atoms with Gasteiger partial charge in [-0.3, -0.25) is 0 Å². The quantitative estimate of drug-likeness (QED) is 0.825. The van der Waals surface area contributed by atoms with Crippen LogP contribution in [0.5, 0.6) is 0 Å². The Morgan fingerprint density at radius 1 is 1.42 bits per heavy atom. The molecular formula is C14H21N3O2. The Bertz CT molecular complexity index is 489. The molecule has 2 saturated carbocycles. The summed E-state index contributed by atoms with van der Waals surface area (Å²) in [6.45, 7) is 2.80. The minimum atomic E-state index is -0.450. The standard InChI is InChI=1S/C14H21N3O2/c1-8-16-12(14(18)19-2)13(15)17(8)7-11(9-3-4-9)10-5-6-10/h9-11H,3-7,15H2,1-2H3. The summed E-state index contributed by atoms with van der Waals surface area (Å²) in [6, 6.07) is 0. The third kappa shape index (κ3) is 2.33. The number of nitrogens with zero attached hydrogens (tertiary/aromatic N) is 2. The topological polar surface area (TPSA) is 70.1 Å². The second-order valence-electron chi connectivity index (χ2n) is 5.83. The van der Waals surface area contributed by atoms with E-state index in [1.807, 2.05) is 11.5 Å². The number of rotatable bonds is 5. The van der Waals surface area contributed by atoms with Crippen molar-refractivity contribution in [1.82, 2.24) is 9.55 Å². The van der Waals surface area contributed by atoms with Crippen molar-refractivity contribution < 1.29 is 9.53 Å². The van der Waals surface area contributed by atoms with Crippen molar-refractivity contribution in [3.05, 3.63) is 11.5 Å². The number of esters is 1. The van der Waals surface area contributed by atoms with Crippen molar-refractivity contribution in [2.45, 2.75) is 39.2 Å². The van der Waals surface area contributed by atoms with Crippen LogP contribution in [0, 0.1) is 24.7 Å². The molecule has 0 bridgehead atoms. The van der Waals surface area contributed by atoms with Crippen LogP contribution >= 0.6 is 0 Å². The van der Waals surface area contributed by atoms with Crippen LogP contribution in [0.25, 0.3) is 0 Å². The maximum atomic E-state index is 11.6. The first kappa shape index (κ1) is 12.5. The average molecular weight is 263 g/mol. The number of aromatic nitrogens is 2. The lowest BCUT2D eigenvalue weighted by molar-refractivity contribution is 0.0595. The maximum absolute atomic E-state index is 11.6. The Kier molecular flexibility index (Phi) is 2.99. The normalized spacial score (nSPS) is 18.9. The number of nitrogen functional groups attached to an aromatic ring is 1. The van der Waals surface area contributed by atoms with Crippen molar-refractivity contribution in [2.75, 3.05) is 12.8 Å². The first-order valence-electron chi connectivity index (χ1n) is 7.02. The third-order valence-corrected chi connectivity index (χ3v) is 4.42. The fourth-order valence-corrected chi connectivity index (χ4v) is 3.00. The number of hydrogen-bond acceptors (Lipinski definition) is 4. The average Bonchev–Trinajstić information content (AvgIpc) is 3.26. The number of aryl methyl sites for hydroxylation is 1. The lowest BCUT2D eigenvalue weighted by Crippen LogP contribution is -2.18. The second kappa shape index (κ2) is 4.54. The summed E-state index contributed by atoms with van der Waals surface area (Å²) in [5, 5.41) is 0. The van der Waals surface area contributed by atoms with E-state index < -0.39 is 5.97 Å². The summed E-state index contributed by atoms with van der Waals surface area (Å²) in [4.78, 5) is 15.9. The SMILES string of the molecule is COC(=O)c1nc(C)n(CC(C2CC2)C2CC2)c1N. The van der Waals surface area contributed by atoms with Gasteiger partial charge in [-0.25, -0.2) is 9.78 Å². The van der Waals surface area contributed by atoms with Gasteiger partial charge in [0.15, 0.2) is 5.69 Å². The number of nitrogens with two attached hydrogens (primary N) is 1. The van der Waals surface area contributed by atoms with E-state index in [-0.39, 0.29) is 5.69 Å². The summed E-state index contributed by atoms with van der Waals surface area (Å²) in [7, 11) is 1.35. The van der Waals surface area contributed by atoms with Gasteiger partial charge in [-0.15, -0.1) is 0 Å². The van der Waals surface area contributed by atoms with Crippen molar-refractivity contribution in [3.63, 3.8) is 0 Å². The molecule has 3 rings (SSSR count). The molecule has 0 radical (unpaired) electrons. The molecule has 2 aliphatic rings. The molecule has 0 unspecified atom stereocenters. The molecule has 0 aromatic carbocycles. The molecule has 0 saturated heterocycles. The summed E-state index contributed by atoms with van der Waals surface area (Å²) in [5.74, 6) is 3.24. The zero-order valence-corrected chi connectivity index (χ0v) is 11.6. The highest BCUT2D eigenvalue weighted by Gasteiger charge is 2.42. The van der Waals surface area contributed by atoms with Gasteiger partial charge < -0.3 is 15.0 Å². The molecular weight excluding hydrogens is 242 g/mol. The van der Waals surface area contributed by atoms with E-state index in [4.69, 9.17) is 10.5 Å². The van der Waals surface area contributed by atoms with E-state index in [0.29, 0.717) is 11.7 Å². The molecule has 2 fully saturated rings. The van der Waals surface area contributed by atoms with E-state index in [9.17, 15) is 4.79 Å². The summed E-state index contributed by atoms with van der Waals surface area (Å²) < 4.78 is 6.71. The van der Waals surface area contributed by atoms with Crippen LogP contribution in [0.3, 0.4) is 0 Å². The number of imidazole rings is 1. The van der Waals surface area contributed by atoms with Gasteiger partial charge >= 0.3 is 5.97 Å². The van der Waals surface area contributed by atoms with E-state index in [2.05, 4.69) is 4.98 Å². The Hall–Kier alpha value is -1.52. The van der Waals surface area contributed by atoms with Gasteiger partial charge in [0.05, 0.1) is 7.11 Å². The van der Waals surface area contributed by atoms with Gasteiger partial charge in [0, 0.05) is 6.54 Å². The molecule has 0 aliphatic heterocycles. The number of carbonyl (C=O) groups excluding carboxylic acids is 1. The van der Waals surface area contributed by atoms with Gasteiger partial charge in [-0.2, -0.15) is 0 Å². The van der Waals surface area contributed by atoms with E-state index in [0.717, 1.165) is 24.2 Å². The highest BCUT2D eigenvalue weighted by atomic mass is 16.5. The predicted molar refractivity (Wildman–Crippen MR) is 71.7 cm³/mol. The molecule has 19 heavy (non-hydrogen) atoms. The Balaban J connectivity index is 1.83. The second-order valence-corrected chi connectivity index (χ2v) is 5.83. The van der Waals surface area contributed by atoms with Crippen molar-refractivity contribution in [1.29, 1.82) is 0 Å². The molecule has 104 valence electrons. The molecule has 0 amide bonds. The molecule has 1 heterocycles. The largest absolute Gasteiger partial charge is 0.464 e. The molecule has 2 N–H and O–H groups in total. The summed E-state index contributed by atoms with van der Waals surface area (Å²) >= 11 is 0. The van der Waals surface area contributed by atoms with Crippen LogP contribution in [0.15, 0.2) is 0 Å². The van der Waals surface area contributed by atoms with E-state index in [1.54, 1.807) is 0 Å². The molecule has 1 aromatic heterocycles. The number of carbonyl (C=O) groups is 1. The number of ether oxygens (including phenoxy) is 1. The molecule has 5 heteroatoms. The van der Waals surface area contributed by atoms with E-state index in [1.165, 1.54) is 32.8 Å².